The number of carbonyl (C=O) groups is 2. The highest BCUT2D eigenvalue weighted by Gasteiger charge is 2.32. The molecule has 1 aromatic carbocycles. The van der Waals surface area contributed by atoms with Crippen LogP contribution in [-0.2, 0) is 9.53 Å². The summed E-state index contributed by atoms with van der Waals surface area (Å²) in [4.78, 5) is 40.4. The molecule has 1 aliphatic rings. The van der Waals surface area contributed by atoms with Crippen LogP contribution in [0.1, 0.15) is 46.5 Å². The Morgan fingerprint density at radius 3 is 2.18 bits per heavy atom. The number of carbonyl (C=O) groups excluding carboxylic acids is 2. The topological polar surface area (TPSA) is 116 Å². The zero-order chi connectivity index (χ0) is 27.8. The summed E-state index contributed by atoms with van der Waals surface area (Å²) in [6, 6.07) is 13.1. The average Bonchev–Trinajstić information content (AvgIpc) is 2.93. The van der Waals surface area contributed by atoms with E-state index in [2.05, 4.69) is 20.3 Å². The number of benzene rings is 1. The van der Waals surface area contributed by atoms with Crippen molar-refractivity contribution in [1.82, 2.24) is 20.3 Å². The van der Waals surface area contributed by atoms with Gasteiger partial charge in [-0.2, -0.15) is 0 Å². The smallest absolute Gasteiger partial charge is 0.407 e. The number of amides is 2. The van der Waals surface area contributed by atoms with Crippen molar-refractivity contribution in [1.29, 1.82) is 0 Å². The third-order valence-corrected chi connectivity index (χ3v) is 6.30. The number of hydrogen-bond acceptors (Lipinski definition) is 8. The van der Waals surface area contributed by atoms with E-state index in [1.54, 1.807) is 23.5 Å². The van der Waals surface area contributed by atoms with E-state index in [-0.39, 0.29) is 30.6 Å². The van der Waals surface area contributed by atoms with Gasteiger partial charge < -0.3 is 19.5 Å². The number of alkyl carbamates (subject to hydrolysis) is 1. The fourth-order valence-corrected chi connectivity index (χ4v) is 4.47. The second-order valence-electron chi connectivity index (χ2n) is 10.4. The number of nitrogens with zero attached hydrogens (tertiary/aromatic N) is 4. The molecule has 1 saturated carbocycles. The maximum atomic E-state index is 13.5. The first kappa shape index (κ1) is 27.8. The lowest BCUT2D eigenvalue weighted by molar-refractivity contribution is -0.121. The molecular weight excluding hydrogens is 498 g/mol. The number of para-hydroxylation sites is 1. The Balaban J connectivity index is 1.47. The first-order valence-corrected chi connectivity index (χ1v) is 13.0. The maximum absolute atomic E-state index is 13.5. The fourth-order valence-electron chi connectivity index (χ4n) is 4.47. The highest BCUT2D eigenvalue weighted by molar-refractivity contribution is 5.94. The van der Waals surface area contributed by atoms with Gasteiger partial charge in [0.05, 0.1) is 7.11 Å². The van der Waals surface area contributed by atoms with Gasteiger partial charge in [-0.3, -0.25) is 9.69 Å². The largest absolute Gasteiger partial charge is 0.484 e. The first-order valence-electron chi connectivity index (χ1n) is 13.0. The molecule has 0 spiro atoms. The number of anilines is 1. The van der Waals surface area contributed by atoms with Crippen LogP contribution in [0, 0.1) is 0 Å². The van der Waals surface area contributed by atoms with E-state index in [1.165, 1.54) is 7.11 Å². The zero-order valence-electron chi connectivity index (χ0n) is 22.8. The third-order valence-electron chi connectivity index (χ3n) is 6.30. The van der Waals surface area contributed by atoms with E-state index >= 15 is 0 Å². The maximum Gasteiger partial charge on any atom is 0.407 e. The fraction of sp³-hybridized carbons (Fsp3) is 0.414. The number of rotatable bonds is 8. The monoisotopic (exact) mass is 533 g/mol. The third kappa shape index (κ3) is 7.89. The molecule has 1 aliphatic carbocycles. The minimum atomic E-state index is -0.557. The standard InChI is InChI=1S/C29H35N5O5/c1-29(2,3)39-28(36)33-22-11-13-23(14-12-22)34(26(35)19-38-24-8-6-5-7-9-24)25-15-10-20(16-30-25)21-17-31-27(37-4)32-18-21/h5-10,15-18,22-23H,11-14,19H2,1-4H3,(H,33,36). The van der Waals surface area contributed by atoms with Crippen LogP contribution < -0.4 is 19.7 Å². The van der Waals surface area contributed by atoms with E-state index in [0.717, 1.165) is 11.1 Å². The first-order chi connectivity index (χ1) is 18.7. The molecule has 39 heavy (non-hydrogen) atoms. The van der Waals surface area contributed by atoms with E-state index in [9.17, 15) is 9.59 Å². The van der Waals surface area contributed by atoms with Gasteiger partial charge in [0.25, 0.3) is 5.91 Å². The summed E-state index contributed by atoms with van der Waals surface area (Å²) in [5, 5.41) is 2.96. The number of nitrogens with one attached hydrogen (secondary N) is 1. The van der Waals surface area contributed by atoms with E-state index < -0.39 is 11.7 Å². The van der Waals surface area contributed by atoms with Crippen LogP contribution in [0.5, 0.6) is 11.8 Å². The van der Waals surface area contributed by atoms with Gasteiger partial charge in [0.1, 0.15) is 17.2 Å². The summed E-state index contributed by atoms with van der Waals surface area (Å²) in [5.74, 6) is 0.979. The van der Waals surface area contributed by atoms with Crippen LogP contribution in [0.2, 0.25) is 0 Å². The Kier molecular flexibility index (Phi) is 8.96. The van der Waals surface area contributed by atoms with Gasteiger partial charge in [-0.1, -0.05) is 18.2 Å². The molecule has 0 unspecified atom stereocenters. The summed E-state index contributed by atoms with van der Waals surface area (Å²) in [7, 11) is 1.51. The SMILES string of the molecule is COc1ncc(-c2ccc(N(C(=O)COc3ccccc3)C3CCC(NC(=O)OC(C)(C)C)CC3)nc2)cn1. The number of ether oxygens (including phenoxy) is 3. The van der Waals surface area contributed by atoms with E-state index in [1.807, 2.05) is 63.2 Å². The molecule has 0 aliphatic heterocycles. The number of pyridine rings is 1. The van der Waals surface area contributed by atoms with Gasteiger partial charge in [-0.15, -0.1) is 0 Å². The molecule has 1 N–H and O–H groups in total. The molecule has 2 heterocycles. The number of hydrogen-bond donors (Lipinski definition) is 1. The molecule has 0 bridgehead atoms. The summed E-state index contributed by atoms with van der Waals surface area (Å²) >= 11 is 0. The highest BCUT2D eigenvalue weighted by atomic mass is 16.6. The predicted octanol–water partition coefficient (Wildman–Crippen LogP) is 4.80. The molecule has 206 valence electrons. The van der Waals surface area contributed by atoms with Gasteiger partial charge in [0.2, 0.25) is 0 Å². The molecule has 0 atom stereocenters. The molecule has 0 saturated heterocycles. The quantitative estimate of drug-likeness (QED) is 0.439. The van der Waals surface area contributed by atoms with E-state index in [0.29, 0.717) is 37.3 Å². The van der Waals surface area contributed by atoms with Crippen molar-refractivity contribution >= 4 is 17.8 Å². The second kappa shape index (κ2) is 12.6. The van der Waals surface area contributed by atoms with Crippen LogP contribution in [0.3, 0.4) is 0 Å². The summed E-state index contributed by atoms with van der Waals surface area (Å²) in [6.07, 6.45) is 7.45. The lowest BCUT2D eigenvalue weighted by Gasteiger charge is -2.36. The van der Waals surface area contributed by atoms with Gasteiger partial charge in [-0.25, -0.2) is 19.7 Å². The highest BCUT2D eigenvalue weighted by Crippen LogP contribution is 2.29. The second-order valence-corrected chi connectivity index (χ2v) is 10.4. The lowest BCUT2D eigenvalue weighted by atomic mass is 9.90. The van der Waals surface area contributed by atoms with Crippen molar-refractivity contribution < 1.29 is 23.8 Å². The molecule has 1 fully saturated rings. The molecule has 2 amide bonds. The van der Waals surface area contributed by atoms with Crippen LogP contribution in [0.25, 0.3) is 11.1 Å². The molecule has 10 nitrogen and oxygen atoms in total. The Hall–Kier alpha value is -4.21. The van der Waals surface area contributed by atoms with Crippen LogP contribution in [-0.4, -0.2) is 58.4 Å². The van der Waals surface area contributed by atoms with Crippen molar-refractivity contribution in [2.75, 3.05) is 18.6 Å². The molecule has 10 heteroatoms. The normalized spacial score (nSPS) is 17.1. The molecule has 2 aromatic heterocycles. The zero-order valence-corrected chi connectivity index (χ0v) is 22.8. The minimum absolute atomic E-state index is 0.0148. The average molecular weight is 534 g/mol. The summed E-state index contributed by atoms with van der Waals surface area (Å²) in [6.45, 7) is 5.40. The van der Waals surface area contributed by atoms with Gasteiger partial charge >= 0.3 is 12.1 Å². The van der Waals surface area contributed by atoms with Gasteiger partial charge in [0.15, 0.2) is 6.61 Å². The number of aromatic nitrogens is 3. The van der Waals surface area contributed by atoms with Crippen molar-refractivity contribution in [2.45, 2.75) is 64.1 Å². The van der Waals surface area contributed by atoms with Crippen molar-refractivity contribution in [3.8, 4) is 22.9 Å². The lowest BCUT2D eigenvalue weighted by Crippen LogP contribution is -2.48. The van der Waals surface area contributed by atoms with Crippen LogP contribution in [0.15, 0.2) is 61.1 Å². The minimum Gasteiger partial charge on any atom is -0.484 e. The molecule has 4 rings (SSSR count). The van der Waals surface area contributed by atoms with Crippen LogP contribution in [0.4, 0.5) is 10.6 Å². The van der Waals surface area contributed by atoms with Crippen molar-refractivity contribution in [3.63, 3.8) is 0 Å². The Bertz CT molecular complexity index is 1220. The Morgan fingerprint density at radius 1 is 0.923 bits per heavy atom. The molecule has 3 aromatic rings. The number of methoxy groups -OCH3 is 1. The predicted molar refractivity (Wildman–Crippen MR) is 147 cm³/mol. The Morgan fingerprint density at radius 2 is 1.59 bits per heavy atom. The van der Waals surface area contributed by atoms with Crippen LogP contribution >= 0.6 is 0 Å². The molecule has 0 radical (unpaired) electrons. The Labute approximate surface area is 228 Å². The van der Waals surface area contributed by atoms with Crippen molar-refractivity contribution in [3.05, 3.63) is 61.1 Å². The summed E-state index contributed by atoms with van der Waals surface area (Å²) in [5.41, 5.74) is 1.05. The van der Waals surface area contributed by atoms with Gasteiger partial charge in [-0.05, 0) is 70.7 Å². The molecular formula is C29H35N5O5. The van der Waals surface area contributed by atoms with E-state index in [4.69, 9.17) is 14.2 Å². The van der Waals surface area contributed by atoms with Gasteiger partial charge in [0, 0.05) is 41.8 Å². The summed E-state index contributed by atoms with van der Waals surface area (Å²) < 4.78 is 16.2. The van der Waals surface area contributed by atoms with Crippen molar-refractivity contribution in [2.24, 2.45) is 0 Å².